The summed E-state index contributed by atoms with van der Waals surface area (Å²) in [5.74, 6) is -0.863. The van der Waals surface area contributed by atoms with Gasteiger partial charge in [0, 0.05) is 12.5 Å². The zero-order valence-electron chi connectivity index (χ0n) is 14.4. The van der Waals surface area contributed by atoms with Crippen molar-refractivity contribution in [2.45, 2.75) is 68.8 Å². The molecule has 136 valence electrons. The molecule has 1 atom stereocenters. The summed E-state index contributed by atoms with van der Waals surface area (Å²) in [6, 6.07) is 5.47. The van der Waals surface area contributed by atoms with Crippen LogP contribution < -0.4 is 5.32 Å². The minimum Gasteiger partial charge on any atom is -0.352 e. The number of sulfonamides is 1. The third-order valence-corrected chi connectivity index (χ3v) is 6.84. The van der Waals surface area contributed by atoms with Crippen molar-refractivity contribution in [2.24, 2.45) is 0 Å². The molecule has 1 aliphatic heterocycles. The Morgan fingerprint density at radius 2 is 1.72 bits per heavy atom. The van der Waals surface area contributed by atoms with Crippen molar-refractivity contribution < 1.29 is 18.0 Å². The van der Waals surface area contributed by atoms with Gasteiger partial charge in [-0.2, -0.15) is 0 Å². The summed E-state index contributed by atoms with van der Waals surface area (Å²) in [7, 11) is -4.02. The molecule has 1 saturated heterocycles. The Morgan fingerprint density at radius 3 is 2.36 bits per heavy atom. The predicted molar refractivity (Wildman–Crippen MR) is 93.2 cm³/mol. The number of nitrogens with one attached hydrogen (secondary N) is 1. The summed E-state index contributed by atoms with van der Waals surface area (Å²) >= 11 is 0. The van der Waals surface area contributed by atoms with Gasteiger partial charge < -0.3 is 5.32 Å². The lowest BCUT2D eigenvalue weighted by Crippen LogP contribution is -2.50. The quantitative estimate of drug-likeness (QED) is 0.887. The van der Waals surface area contributed by atoms with E-state index in [9.17, 15) is 18.0 Å². The van der Waals surface area contributed by atoms with Crippen LogP contribution in [0.1, 0.15) is 50.5 Å². The first-order valence-electron chi connectivity index (χ1n) is 8.84. The SMILES string of the molecule is Cc1ccc(S(=O)(=O)N2C(=O)CC[C@@H]2C(=O)NC2CCCCC2)cc1. The van der Waals surface area contributed by atoms with E-state index in [4.69, 9.17) is 0 Å². The number of hydrogen-bond acceptors (Lipinski definition) is 4. The van der Waals surface area contributed by atoms with Crippen molar-refractivity contribution in [1.82, 2.24) is 9.62 Å². The molecule has 7 heteroatoms. The van der Waals surface area contributed by atoms with Gasteiger partial charge in [0.25, 0.3) is 10.0 Å². The van der Waals surface area contributed by atoms with Crippen molar-refractivity contribution in [3.05, 3.63) is 29.8 Å². The summed E-state index contributed by atoms with van der Waals surface area (Å²) in [6.07, 6.45) is 5.45. The van der Waals surface area contributed by atoms with E-state index >= 15 is 0 Å². The second-order valence-electron chi connectivity index (χ2n) is 6.91. The molecule has 2 fully saturated rings. The lowest BCUT2D eigenvalue weighted by Gasteiger charge is -2.28. The van der Waals surface area contributed by atoms with Crippen molar-refractivity contribution in [3.8, 4) is 0 Å². The van der Waals surface area contributed by atoms with Gasteiger partial charge in [-0.1, -0.05) is 37.0 Å². The smallest absolute Gasteiger partial charge is 0.267 e. The van der Waals surface area contributed by atoms with Gasteiger partial charge in [-0.3, -0.25) is 9.59 Å². The van der Waals surface area contributed by atoms with Crippen LogP contribution >= 0.6 is 0 Å². The number of amides is 2. The normalized spacial score (nSPS) is 22.2. The summed E-state index contributed by atoms with van der Waals surface area (Å²) in [5.41, 5.74) is 0.929. The molecule has 0 spiro atoms. The third-order valence-electron chi connectivity index (χ3n) is 4.99. The number of aryl methyl sites for hydroxylation is 1. The first-order chi connectivity index (χ1) is 11.9. The van der Waals surface area contributed by atoms with Gasteiger partial charge >= 0.3 is 0 Å². The van der Waals surface area contributed by atoms with E-state index in [2.05, 4.69) is 5.32 Å². The Hall–Kier alpha value is -1.89. The molecular formula is C18H24N2O4S. The number of carbonyl (C=O) groups is 2. The fraction of sp³-hybridized carbons (Fsp3) is 0.556. The Bertz CT molecular complexity index is 752. The van der Waals surface area contributed by atoms with Crippen molar-refractivity contribution in [3.63, 3.8) is 0 Å². The fourth-order valence-corrected chi connectivity index (χ4v) is 5.17. The molecular weight excluding hydrogens is 340 g/mol. The average molecular weight is 364 g/mol. The van der Waals surface area contributed by atoms with Crippen LogP contribution in [0, 0.1) is 6.92 Å². The second kappa shape index (κ2) is 7.15. The van der Waals surface area contributed by atoms with Crippen LogP contribution in [0.25, 0.3) is 0 Å². The molecule has 1 aliphatic carbocycles. The maximum absolute atomic E-state index is 12.9. The van der Waals surface area contributed by atoms with E-state index < -0.39 is 22.0 Å². The molecule has 2 amide bonds. The average Bonchev–Trinajstić information content (AvgIpc) is 2.99. The van der Waals surface area contributed by atoms with Gasteiger partial charge in [-0.25, -0.2) is 12.7 Å². The van der Waals surface area contributed by atoms with Crippen LogP contribution in [0.2, 0.25) is 0 Å². The number of carbonyl (C=O) groups excluding carboxylic acids is 2. The van der Waals surface area contributed by atoms with Crippen LogP contribution in [0.5, 0.6) is 0 Å². The van der Waals surface area contributed by atoms with E-state index in [0.717, 1.165) is 35.6 Å². The van der Waals surface area contributed by atoms with Gasteiger partial charge in [0.2, 0.25) is 11.8 Å². The van der Waals surface area contributed by atoms with E-state index in [0.29, 0.717) is 0 Å². The van der Waals surface area contributed by atoms with E-state index in [1.807, 2.05) is 6.92 Å². The van der Waals surface area contributed by atoms with Gasteiger partial charge in [0.15, 0.2) is 0 Å². The summed E-state index contributed by atoms with van der Waals surface area (Å²) in [4.78, 5) is 24.9. The highest BCUT2D eigenvalue weighted by molar-refractivity contribution is 7.89. The van der Waals surface area contributed by atoms with Crippen molar-refractivity contribution in [2.75, 3.05) is 0 Å². The highest BCUT2D eigenvalue weighted by atomic mass is 32.2. The molecule has 2 aliphatic rings. The number of nitrogens with zero attached hydrogens (tertiary/aromatic N) is 1. The topological polar surface area (TPSA) is 83.6 Å². The minimum absolute atomic E-state index is 0.0452. The van der Waals surface area contributed by atoms with E-state index in [1.165, 1.54) is 18.6 Å². The van der Waals surface area contributed by atoms with Gasteiger partial charge in [0.05, 0.1) is 4.90 Å². The Kier molecular flexibility index (Phi) is 5.13. The number of benzene rings is 1. The Morgan fingerprint density at radius 1 is 1.08 bits per heavy atom. The predicted octanol–water partition coefficient (Wildman–Crippen LogP) is 2.12. The molecule has 6 nitrogen and oxygen atoms in total. The van der Waals surface area contributed by atoms with Crippen molar-refractivity contribution >= 4 is 21.8 Å². The fourth-order valence-electron chi connectivity index (χ4n) is 3.57. The molecule has 1 saturated carbocycles. The molecule has 1 aromatic rings. The lowest BCUT2D eigenvalue weighted by molar-refractivity contribution is -0.131. The minimum atomic E-state index is -4.02. The molecule has 0 bridgehead atoms. The van der Waals surface area contributed by atoms with E-state index in [-0.39, 0.29) is 29.7 Å². The zero-order chi connectivity index (χ0) is 18.0. The molecule has 0 aromatic heterocycles. The summed E-state index contributed by atoms with van der Waals surface area (Å²) < 4.78 is 26.6. The van der Waals surface area contributed by atoms with Crippen LogP contribution in [-0.2, 0) is 19.6 Å². The number of hydrogen-bond donors (Lipinski definition) is 1. The molecule has 0 radical (unpaired) electrons. The molecule has 3 rings (SSSR count). The summed E-state index contributed by atoms with van der Waals surface area (Å²) in [5, 5.41) is 2.95. The second-order valence-corrected chi connectivity index (χ2v) is 8.72. The first kappa shape index (κ1) is 17.9. The van der Waals surface area contributed by atoms with Crippen molar-refractivity contribution in [1.29, 1.82) is 0 Å². The maximum Gasteiger partial charge on any atom is 0.267 e. The maximum atomic E-state index is 12.9. The highest BCUT2D eigenvalue weighted by Gasteiger charge is 2.44. The Balaban J connectivity index is 1.81. The van der Waals surface area contributed by atoms with E-state index in [1.54, 1.807) is 12.1 Å². The lowest BCUT2D eigenvalue weighted by atomic mass is 9.95. The third kappa shape index (κ3) is 3.71. The monoisotopic (exact) mass is 364 g/mol. The van der Waals surface area contributed by atoms with Gasteiger partial charge in [0.1, 0.15) is 6.04 Å². The molecule has 0 unspecified atom stereocenters. The zero-order valence-corrected chi connectivity index (χ0v) is 15.2. The Labute approximate surface area is 148 Å². The van der Waals surface area contributed by atoms with Crippen LogP contribution in [-0.4, -0.2) is 36.6 Å². The standard InChI is InChI=1S/C18H24N2O4S/c1-13-7-9-15(10-8-13)25(23,24)20-16(11-12-17(20)21)18(22)19-14-5-3-2-4-6-14/h7-10,14,16H,2-6,11-12H2,1H3,(H,19,22)/t16-/m1/s1. The molecule has 1 N–H and O–H groups in total. The van der Waals surface area contributed by atoms with Crippen LogP contribution in [0.15, 0.2) is 29.2 Å². The highest BCUT2D eigenvalue weighted by Crippen LogP contribution is 2.28. The first-order valence-corrected chi connectivity index (χ1v) is 10.3. The molecule has 25 heavy (non-hydrogen) atoms. The summed E-state index contributed by atoms with van der Waals surface area (Å²) in [6.45, 7) is 1.86. The number of rotatable bonds is 4. The van der Waals surface area contributed by atoms with Gasteiger partial charge in [-0.15, -0.1) is 0 Å². The van der Waals surface area contributed by atoms with Crippen LogP contribution in [0.3, 0.4) is 0 Å². The molecule has 1 aromatic carbocycles. The largest absolute Gasteiger partial charge is 0.352 e. The van der Waals surface area contributed by atoms with Gasteiger partial charge in [-0.05, 0) is 38.3 Å². The van der Waals surface area contributed by atoms with Crippen LogP contribution in [0.4, 0.5) is 0 Å². The molecule has 1 heterocycles.